The first-order valence-electron chi connectivity index (χ1n) is 15.0. The molecular weight excluding hydrogens is 470 g/mol. The number of nitrogens with zero attached hydrogens (tertiary/aromatic N) is 1. The minimum Gasteiger partial charge on any atom is -0.447 e. The zero-order chi connectivity index (χ0) is 27.4. The number of methoxy groups -OCH3 is 1. The Hall–Kier alpha value is -1.54. The highest BCUT2D eigenvalue weighted by molar-refractivity contribution is 5.67. The van der Waals surface area contributed by atoms with Crippen molar-refractivity contribution in [3.8, 4) is 0 Å². The fraction of sp³-hybridized carbons (Fsp3) is 0.931. The molecule has 0 aliphatic rings. The van der Waals surface area contributed by atoms with Crippen molar-refractivity contribution in [2.45, 2.75) is 122 Å². The lowest BCUT2D eigenvalue weighted by Crippen LogP contribution is -2.34. The summed E-state index contributed by atoms with van der Waals surface area (Å²) in [6.45, 7) is 4.39. The third kappa shape index (κ3) is 27.3. The van der Waals surface area contributed by atoms with Gasteiger partial charge in [0.15, 0.2) is 0 Å². The molecular formula is C29H59N3O5. The number of amides is 2. The van der Waals surface area contributed by atoms with Gasteiger partial charge < -0.3 is 29.7 Å². The van der Waals surface area contributed by atoms with Gasteiger partial charge in [-0.2, -0.15) is 0 Å². The van der Waals surface area contributed by atoms with E-state index in [-0.39, 0.29) is 13.2 Å². The second kappa shape index (κ2) is 27.5. The van der Waals surface area contributed by atoms with Crippen LogP contribution >= 0.6 is 0 Å². The van der Waals surface area contributed by atoms with Crippen molar-refractivity contribution in [1.82, 2.24) is 15.5 Å². The third-order valence-electron chi connectivity index (χ3n) is 6.49. The van der Waals surface area contributed by atoms with Gasteiger partial charge in [0.1, 0.15) is 19.3 Å². The van der Waals surface area contributed by atoms with E-state index in [2.05, 4.69) is 22.5 Å². The van der Waals surface area contributed by atoms with E-state index in [4.69, 9.17) is 14.2 Å². The Balaban J connectivity index is 3.47. The SMILES string of the molecule is CCCCCCCCCCCCCCCCCCNC(=O)OCC(COC(=O)NCCCN(C)C)OC. The Bertz CT molecular complexity index is 520. The summed E-state index contributed by atoms with van der Waals surface area (Å²) < 4.78 is 15.6. The number of carbonyl (C=O) groups is 2. The molecule has 0 heterocycles. The van der Waals surface area contributed by atoms with Gasteiger partial charge >= 0.3 is 12.2 Å². The third-order valence-corrected chi connectivity index (χ3v) is 6.49. The van der Waals surface area contributed by atoms with Gasteiger partial charge in [-0.3, -0.25) is 0 Å². The van der Waals surface area contributed by atoms with Crippen LogP contribution < -0.4 is 10.6 Å². The molecule has 0 rings (SSSR count). The van der Waals surface area contributed by atoms with Gasteiger partial charge in [0.05, 0.1) is 0 Å². The summed E-state index contributed by atoms with van der Waals surface area (Å²) in [5.74, 6) is 0. The summed E-state index contributed by atoms with van der Waals surface area (Å²) in [5, 5.41) is 5.47. The number of rotatable bonds is 26. The second-order valence-corrected chi connectivity index (χ2v) is 10.4. The summed E-state index contributed by atoms with van der Waals surface area (Å²) in [5.41, 5.74) is 0. The molecule has 0 fully saturated rings. The summed E-state index contributed by atoms with van der Waals surface area (Å²) >= 11 is 0. The van der Waals surface area contributed by atoms with E-state index in [0.29, 0.717) is 13.1 Å². The summed E-state index contributed by atoms with van der Waals surface area (Å²) in [7, 11) is 5.47. The van der Waals surface area contributed by atoms with Crippen molar-refractivity contribution in [1.29, 1.82) is 0 Å². The fourth-order valence-electron chi connectivity index (χ4n) is 4.07. The number of nitrogens with one attached hydrogen (secondary N) is 2. The lowest BCUT2D eigenvalue weighted by molar-refractivity contribution is -0.00446. The van der Waals surface area contributed by atoms with E-state index in [1.54, 1.807) is 0 Å². The van der Waals surface area contributed by atoms with Gasteiger partial charge in [-0.25, -0.2) is 9.59 Å². The highest BCUT2D eigenvalue weighted by atomic mass is 16.6. The van der Waals surface area contributed by atoms with E-state index in [1.807, 2.05) is 14.1 Å². The fourth-order valence-corrected chi connectivity index (χ4v) is 4.07. The van der Waals surface area contributed by atoms with Crippen molar-refractivity contribution in [2.24, 2.45) is 0 Å². The second-order valence-electron chi connectivity index (χ2n) is 10.4. The van der Waals surface area contributed by atoms with Crippen LogP contribution in [0, 0.1) is 0 Å². The maximum atomic E-state index is 11.9. The Labute approximate surface area is 227 Å². The smallest absolute Gasteiger partial charge is 0.407 e. The van der Waals surface area contributed by atoms with Crippen LogP contribution in [0.3, 0.4) is 0 Å². The monoisotopic (exact) mass is 529 g/mol. The van der Waals surface area contributed by atoms with Crippen LogP contribution in [0.1, 0.15) is 116 Å². The highest BCUT2D eigenvalue weighted by Crippen LogP contribution is 2.13. The molecule has 0 aromatic rings. The molecule has 8 nitrogen and oxygen atoms in total. The zero-order valence-electron chi connectivity index (χ0n) is 24.6. The first-order valence-corrected chi connectivity index (χ1v) is 15.0. The predicted molar refractivity (Wildman–Crippen MR) is 152 cm³/mol. The molecule has 0 spiro atoms. The summed E-state index contributed by atoms with van der Waals surface area (Å²) in [6, 6.07) is 0. The Morgan fingerprint density at radius 2 is 1.00 bits per heavy atom. The van der Waals surface area contributed by atoms with Gasteiger partial charge in [-0.1, -0.05) is 103 Å². The average Bonchev–Trinajstić information content (AvgIpc) is 2.88. The van der Waals surface area contributed by atoms with Crippen molar-refractivity contribution in [2.75, 3.05) is 54.1 Å². The highest BCUT2D eigenvalue weighted by Gasteiger charge is 2.14. The zero-order valence-corrected chi connectivity index (χ0v) is 24.6. The van der Waals surface area contributed by atoms with Crippen LogP contribution in [0.5, 0.6) is 0 Å². The maximum absolute atomic E-state index is 11.9. The van der Waals surface area contributed by atoms with Crippen LogP contribution in [0.15, 0.2) is 0 Å². The molecule has 2 amide bonds. The molecule has 0 radical (unpaired) electrons. The lowest BCUT2D eigenvalue weighted by atomic mass is 10.0. The number of hydrogen-bond donors (Lipinski definition) is 2. The Kier molecular flexibility index (Phi) is 26.3. The average molecular weight is 530 g/mol. The maximum Gasteiger partial charge on any atom is 0.407 e. The normalized spacial score (nSPS) is 11.9. The van der Waals surface area contributed by atoms with E-state index in [1.165, 1.54) is 97.0 Å². The molecule has 0 aromatic heterocycles. The largest absolute Gasteiger partial charge is 0.447 e. The molecule has 0 saturated carbocycles. The molecule has 220 valence electrons. The standard InChI is InChI=1S/C29H59N3O5/c1-5-6-7-8-9-10-11-12-13-14-15-16-17-18-19-20-22-30-28(33)36-25-27(35-4)26-37-29(34)31-23-21-24-32(2)3/h27H,5-26H2,1-4H3,(H,30,33)(H,31,34). The van der Waals surface area contributed by atoms with Crippen molar-refractivity contribution in [3.05, 3.63) is 0 Å². The van der Waals surface area contributed by atoms with Crippen LogP contribution in [0.2, 0.25) is 0 Å². The molecule has 8 heteroatoms. The number of carbonyl (C=O) groups excluding carboxylic acids is 2. The van der Waals surface area contributed by atoms with E-state index in [0.717, 1.165) is 25.8 Å². The topological polar surface area (TPSA) is 89.1 Å². The van der Waals surface area contributed by atoms with Crippen LogP contribution in [0.4, 0.5) is 9.59 Å². The van der Waals surface area contributed by atoms with Crippen molar-refractivity contribution in [3.63, 3.8) is 0 Å². The number of alkyl carbamates (subject to hydrolysis) is 2. The first-order chi connectivity index (χ1) is 18.0. The van der Waals surface area contributed by atoms with E-state index >= 15 is 0 Å². The lowest BCUT2D eigenvalue weighted by Gasteiger charge is -2.16. The quantitative estimate of drug-likeness (QED) is 0.122. The minimum atomic E-state index is -0.492. The van der Waals surface area contributed by atoms with Gasteiger partial charge in [-0.15, -0.1) is 0 Å². The van der Waals surface area contributed by atoms with Crippen LogP contribution in [0.25, 0.3) is 0 Å². The molecule has 1 atom stereocenters. The van der Waals surface area contributed by atoms with Gasteiger partial charge in [0.2, 0.25) is 0 Å². The predicted octanol–water partition coefficient (Wildman–Crippen LogP) is 6.67. The molecule has 1 unspecified atom stereocenters. The van der Waals surface area contributed by atoms with Gasteiger partial charge in [0, 0.05) is 20.2 Å². The van der Waals surface area contributed by atoms with E-state index < -0.39 is 18.3 Å². The Morgan fingerprint density at radius 1 is 0.622 bits per heavy atom. The molecule has 0 bridgehead atoms. The number of hydrogen-bond acceptors (Lipinski definition) is 6. The summed E-state index contributed by atoms with van der Waals surface area (Å²) in [6.07, 6.45) is 20.6. The molecule has 0 aliphatic heterocycles. The van der Waals surface area contributed by atoms with Crippen LogP contribution in [-0.2, 0) is 14.2 Å². The molecule has 0 aliphatic carbocycles. The van der Waals surface area contributed by atoms with Gasteiger partial charge in [0.25, 0.3) is 0 Å². The summed E-state index contributed by atoms with van der Waals surface area (Å²) in [4.78, 5) is 25.6. The van der Waals surface area contributed by atoms with Gasteiger partial charge in [-0.05, 0) is 33.5 Å². The number of unbranched alkanes of at least 4 members (excludes halogenated alkanes) is 15. The van der Waals surface area contributed by atoms with Crippen LogP contribution in [-0.4, -0.2) is 77.2 Å². The molecule has 2 N–H and O–H groups in total. The van der Waals surface area contributed by atoms with Crippen molar-refractivity contribution >= 4 is 12.2 Å². The Morgan fingerprint density at radius 3 is 1.38 bits per heavy atom. The molecule has 0 saturated heterocycles. The first kappa shape index (κ1) is 35.5. The minimum absolute atomic E-state index is 0.0302. The van der Waals surface area contributed by atoms with Crippen molar-refractivity contribution < 1.29 is 23.8 Å². The molecule has 37 heavy (non-hydrogen) atoms. The molecule has 0 aromatic carbocycles. The number of ether oxygens (including phenoxy) is 3. The van der Waals surface area contributed by atoms with E-state index in [9.17, 15) is 9.59 Å².